The molecule has 130 valence electrons. The Kier molecular flexibility index (Phi) is 7.30. The monoisotopic (exact) mass is 322 g/mol. The Morgan fingerprint density at radius 2 is 1.74 bits per heavy atom. The van der Waals surface area contributed by atoms with Crippen LogP contribution in [0.25, 0.3) is 0 Å². The normalized spacial score (nSPS) is 18.3. The summed E-state index contributed by atoms with van der Waals surface area (Å²) < 4.78 is 5.84. The number of aliphatic hydroxyl groups is 2. The maximum absolute atomic E-state index is 10.2. The van der Waals surface area contributed by atoms with Crippen LogP contribution in [0.2, 0.25) is 0 Å². The van der Waals surface area contributed by atoms with E-state index in [-0.39, 0.29) is 6.61 Å². The molecule has 1 heterocycles. The summed E-state index contributed by atoms with van der Waals surface area (Å²) in [5.74, 6) is 1.28. The molecule has 5 heteroatoms. The summed E-state index contributed by atoms with van der Waals surface area (Å²) >= 11 is 0. The minimum Gasteiger partial charge on any atom is -0.491 e. The van der Waals surface area contributed by atoms with E-state index in [1.165, 1.54) is 5.56 Å². The second-order valence-corrected chi connectivity index (χ2v) is 6.52. The van der Waals surface area contributed by atoms with Gasteiger partial charge in [0, 0.05) is 39.3 Å². The lowest BCUT2D eigenvalue weighted by Gasteiger charge is -2.35. The first-order valence-corrected chi connectivity index (χ1v) is 8.55. The minimum atomic E-state index is -0.486. The van der Waals surface area contributed by atoms with Crippen molar-refractivity contribution in [2.75, 3.05) is 52.5 Å². The molecular weight excluding hydrogens is 292 g/mol. The highest BCUT2D eigenvalue weighted by atomic mass is 16.5. The molecule has 0 unspecified atom stereocenters. The highest BCUT2D eigenvalue weighted by Crippen LogP contribution is 2.25. The summed E-state index contributed by atoms with van der Waals surface area (Å²) in [7, 11) is 0. The van der Waals surface area contributed by atoms with Crippen LogP contribution in [0.4, 0.5) is 0 Å². The van der Waals surface area contributed by atoms with Gasteiger partial charge in [-0.2, -0.15) is 0 Å². The van der Waals surface area contributed by atoms with Crippen LogP contribution in [0, 0.1) is 0 Å². The number of aliphatic hydroxyl groups excluding tert-OH is 2. The van der Waals surface area contributed by atoms with E-state index in [0.717, 1.165) is 38.5 Å². The molecule has 0 bridgehead atoms. The van der Waals surface area contributed by atoms with Gasteiger partial charge >= 0.3 is 0 Å². The van der Waals surface area contributed by atoms with Crippen molar-refractivity contribution in [1.29, 1.82) is 0 Å². The lowest BCUT2D eigenvalue weighted by Crippen LogP contribution is -2.49. The Balaban J connectivity index is 1.75. The Hall–Kier alpha value is -1.14. The zero-order valence-corrected chi connectivity index (χ0v) is 14.3. The van der Waals surface area contributed by atoms with E-state index in [9.17, 15) is 5.11 Å². The summed E-state index contributed by atoms with van der Waals surface area (Å²) in [4.78, 5) is 4.51. The number of ether oxygens (including phenoxy) is 1. The van der Waals surface area contributed by atoms with E-state index >= 15 is 0 Å². The van der Waals surface area contributed by atoms with Gasteiger partial charge in [-0.25, -0.2) is 0 Å². The van der Waals surface area contributed by atoms with Crippen LogP contribution in [-0.4, -0.2) is 78.6 Å². The average Bonchev–Trinajstić information content (AvgIpc) is 2.55. The first kappa shape index (κ1) is 18.2. The summed E-state index contributed by atoms with van der Waals surface area (Å²) in [6.07, 6.45) is -0.486. The van der Waals surface area contributed by atoms with Gasteiger partial charge in [-0.05, 0) is 17.5 Å². The smallest absolute Gasteiger partial charge is 0.122 e. The van der Waals surface area contributed by atoms with Crippen molar-refractivity contribution >= 4 is 0 Å². The predicted molar refractivity (Wildman–Crippen MR) is 92.0 cm³/mol. The standard InChI is InChI=1S/C18H30N2O3/c1-15(2)17-5-3-4-6-18(17)23-14-16(22)13-20-9-7-19(8-10-20)11-12-21/h3-6,15-16,21-22H,7-14H2,1-2H3/t16-/m1/s1. The number of benzene rings is 1. The number of β-amino-alcohol motifs (C(OH)–C–C–N with tert-alkyl or cyclic N) is 2. The van der Waals surface area contributed by atoms with Gasteiger partial charge in [0.2, 0.25) is 0 Å². The third kappa shape index (κ3) is 5.77. The number of para-hydroxylation sites is 1. The Morgan fingerprint density at radius 1 is 1.09 bits per heavy atom. The molecule has 1 aromatic carbocycles. The molecule has 2 rings (SSSR count). The third-order valence-electron chi connectivity index (χ3n) is 4.32. The SMILES string of the molecule is CC(C)c1ccccc1OC[C@H](O)CN1CCN(CCO)CC1. The molecule has 23 heavy (non-hydrogen) atoms. The molecule has 2 N–H and O–H groups in total. The first-order chi connectivity index (χ1) is 11.1. The van der Waals surface area contributed by atoms with Crippen LogP contribution in [-0.2, 0) is 0 Å². The fourth-order valence-corrected chi connectivity index (χ4v) is 2.96. The van der Waals surface area contributed by atoms with Crippen molar-refractivity contribution < 1.29 is 14.9 Å². The lowest BCUT2D eigenvalue weighted by atomic mass is 10.0. The number of rotatable bonds is 8. The van der Waals surface area contributed by atoms with Crippen molar-refractivity contribution in [3.8, 4) is 5.75 Å². The van der Waals surface area contributed by atoms with Gasteiger partial charge in [-0.1, -0.05) is 32.0 Å². The van der Waals surface area contributed by atoms with Crippen LogP contribution < -0.4 is 4.74 Å². The van der Waals surface area contributed by atoms with E-state index in [2.05, 4.69) is 29.7 Å². The van der Waals surface area contributed by atoms with Gasteiger partial charge in [0.25, 0.3) is 0 Å². The summed E-state index contributed by atoms with van der Waals surface area (Å²) in [6.45, 7) is 9.96. The van der Waals surface area contributed by atoms with Crippen molar-refractivity contribution in [2.24, 2.45) is 0 Å². The topological polar surface area (TPSA) is 56.2 Å². The van der Waals surface area contributed by atoms with Crippen molar-refractivity contribution in [1.82, 2.24) is 9.80 Å². The van der Waals surface area contributed by atoms with Gasteiger partial charge < -0.3 is 14.9 Å². The second kappa shape index (κ2) is 9.23. The van der Waals surface area contributed by atoms with E-state index in [0.29, 0.717) is 19.1 Å². The van der Waals surface area contributed by atoms with E-state index < -0.39 is 6.10 Å². The van der Waals surface area contributed by atoms with E-state index in [1.807, 2.05) is 18.2 Å². The van der Waals surface area contributed by atoms with Crippen molar-refractivity contribution in [3.63, 3.8) is 0 Å². The van der Waals surface area contributed by atoms with Gasteiger partial charge in [-0.3, -0.25) is 9.80 Å². The second-order valence-electron chi connectivity index (χ2n) is 6.52. The fourth-order valence-electron chi connectivity index (χ4n) is 2.96. The predicted octanol–water partition coefficient (Wildman–Crippen LogP) is 1.16. The number of hydrogen-bond donors (Lipinski definition) is 2. The molecule has 1 fully saturated rings. The van der Waals surface area contributed by atoms with Crippen LogP contribution in [0.15, 0.2) is 24.3 Å². The quantitative estimate of drug-likeness (QED) is 0.752. The molecule has 1 aliphatic heterocycles. The number of nitrogens with zero attached hydrogens (tertiary/aromatic N) is 2. The summed E-state index contributed by atoms with van der Waals surface area (Å²) in [6, 6.07) is 8.03. The van der Waals surface area contributed by atoms with Gasteiger partial charge in [0.15, 0.2) is 0 Å². The molecule has 5 nitrogen and oxygen atoms in total. The maximum Gasteiger partial charge on any atom is 0.122 e. The molecule has 1 atom stereocenters. The van der Waals surface area contributed by atoms with Crippen molar-refractivity contribution in [2.45, 2.75) is 25.9 Å². The molecule has 1 aliphatic rings. The number of hydrogen-bond acceptors (Lipinski definition) is 5. The highest BCUT2D eigenvalue weighted by Gasteiger charge is 2.19. The molecule has 0 spiro atoms. The minimum absolute atomic E-state index is 0.214. The van der Waals surface area contributed by atoms with E-state index in [1.54, 1.807) is 0 Å². The fraction of sp³-hybridized carbons (Fsp3) is 0.667. The molecular formula is C18H30N2O3. The van der Waals surface area contributed by atoms with Crippen LogP contribution >= 0.6 is 0 Å². The molecule has 0 saturated carbocycles. The zero-order valence-electron chi connectivity index (χ0n) is 14.3. The molecule has 0 radical (unpaired) electrons. The number of piperazine rings is 1. The van der Waals surface area contributed by atoms with Gasteiger partial charge in [-0.15, -0.1) is 0 Å². The average molecular weight is 322 g/mol. The molecule has 0 aliphatic carbocycles. The van der Waals surface area contributed by atoms with Gasteiger partial charge in [0.1, 0.15) is 18.5 Å². The van der Waals surface area contributed by atoms with E-state index in [4.69, 9.17) is 9.84 Å². The molecule has 0 aromatic heterocycles. The van der Waals surface area contributed by atoms with Crippen molar-refractivity contribution in [3.05, 3.63) is 29.8 Å². The lowest BCUT2D eigenvalue weighted by molar-refractivity contribution is 0.0426. The zero-order chi connectivity index (χ0) is 16.7. The third-order valence-corrected chi connectivity index (χ3v) is 4.32. The summed E-state index contributed by atoms with van der Waals surface area (Å²) in [5, 5.41) is 19.2. The van der Waals surface area contributed by atoms with Crippen LogP contribution in [0.5, 0.6) is 5.75 Å². The summed E-state index contributed by atoms with van der Waals surface area (Å²) in [5.41, 5.74) is 1.18. The van der Waals surface area contributed by atoms with Crippen LogP contribution in [0.1, 0.15) is 25.3 Å². The van der Waals surface area contributed by atoms with Gasteiger partial charge in [0.05, 0.1) is 6.61 Å². The highest BCUT2D eigenvalue weighted by molar-refractivity contribution is 5.35. The first-order valence-electron chi connectivity index (χ1n) is 8.55. The molecule has 0 amide bonds. The molecule has 1 aromatic rings. The van der Waals surface area contributed by atoms with Crippen LogP contribution in [0.3, 0.4) is 0 Å². The Labute approximate surface area is 139 Å². The Bertz CT molecular complexity index is 459. The maximum atomic E-state index is 10.2. The molecule has 1 saturated heterocycles. The Morgan fingerprint density at radius 3 is 2.39 bits per heavy atom. The largest absolute Gasteiger partial charge is 0.491 e.